The number of pyridine rings is 1. The maximum atomic E-state index is 5.07. The smallest absolute Gasteiger partial charge is 0.673 e. The van der Waals surface area contributed by atoms with E-state index in [1.165, 1.54) is 5.56 Å². The van der Waals surface area contributed by atoms with Gasteiger partial charge in [-0.1, -0.05) is 129 Å². The Bertz CT molecular complexity index is 1800. The third kappa shape index (κ3) is 14.6. The van der Waals surface area contributed by atoms with Gasteiger partial charge >= 0.3 is 25.8 Å². The van der Waals surface area contributed by atoms with E-state index in [0.717, 1.165) is 44.9 Å². The maximum absolute atomic E-state index is 5.07. The van der Waals surface area contributed by atoms with Crippen LogP contribution in [-0.4, -0.2) is 4.98 Å². The molecular weight excluding hydrogens is 783 g/mol. The minimum Gasteiger partial charge on any atom is -0.673 e. The van der Waals surface area contributed by atoms with Gasteiger partial charge < -0.3 is 5.32 Å². The first-order valence-corrected chi connectivity index (χ1v) is 16.9. The Morgan fingerprint density at radius 3 is 1.24 bits per heavy atom. The summed E-state index contributed by atoms with van der Waals surface area (Å²) in [7, 11) is 0. The molecule has 0 bridgehead atoms. The van der Waals surface area contributed by atoms with Crippen molar-refractivity contribution in [3.05, 3.63) is 254 Å². The van der Waals surface area contributed by atoms with Gasteiger partial charge in [-0.15, -0.1) is 42.1 Å². The zero-order valence-corrected chi connectivity index (χ0v) is 33.2. The fourth-order valence-corrected chi connectivity index (χ4v) is 4.85. The molecule has 0 radical (unpaired) electrons. The Balaban J connectivity index is 0.000000256. The molecule has 0 aliphatic carbocycles. The minimum atomic E-state index is -0.148. The number of nitrogens with zero attached hydrogens (tertiary/aromatic N) is 2. The fraction of sp³-hybridized carbons (Fsp3) is 0.0833. The van der Waals surface area contributed by atoms with E-state index < -0.39 is 0 Å². The number of hydrogen-bond donors (Lipinski definition) is 0. The van der Waals surface area contributed by atoms with E-state index in [2.05, 4.69) is 113 Å². The van der Waals surface area contributed by atoms with Crippen molar-refractivity contribution in [3.8, 4) is 11.3 Å². The van der Waals surface area contributed by atoms with Crippen LogP contribution in [0.4, 0.5) is 5.69 Å². The predicted molar refractivity (Wildman–Crippen MR) is 214 cm³/mol. The van der Waals surface area contributed by atoms with Crippen molar-refractivity contribution in [2.75, 3.05) is 0 Å². The first-order chi connectivity index (χ1) is 24.4. The van der Waals surface area contributed by atoms with Crippen molar-refractivity contribution in [2.24, 2.45) is 0 Å². The number of rotatable bonds is 6. The summed E-state index contributed by atoms with van der Waals surface area (Å²) in [5, 5.41) is 5.07. The third-order valence-electron chi connectivity index (χ3n) is 7.60. The molecule has 7 rings (SSSR count). The molecule has 51 heavy (non-hydrogen) atoms. The molecule has 0 saturated carbocycles. The van der Waals surface area contributed by atoms with Crippen molar-refractivity contribution in [1.82, 2.24) is 4.98 Å². The average molecular weight is 829 g/mol. The van der Waals surface area contributed by atoms with Gasteiger partial charge in [0.05, 0.1) is 5.69 Å². The Kier molecular flexibility index (Phi) is 17.7. The average Bonchev–Trinajstić information content (AvgIpc) is 3.16. The van der Waals surface area contributed by atoms with E-state index in [0.29, 0.717) is 5.92 Å². The van der Waals surface area contributed by atoms with E-state index in [4.69, 9.17) is 10.3 Å². The van der Waals surface area contributed by atoms with Crippen LogP contribution in [0.25, 0.3) is 16.6 Å². The molecule has 1 aromatic heterocycles. The molecule has 1 atom stereocenters. The van der Waals surface area contributed by atoms with Gasteiger partial charge in [0.2, 0.25) is 0 Å². The van der Waals surface area contributed by atoms with Crippen LogP contribution >= 0.6 is 0 Å². The molecule has 2 nitrogen and oxygen atoms in total. The fourth-order valence-electron chi connectivity index (χ4n) is 4.85. The van der Waals surface area contributed by atoms with Crippen LogP contribution < -0.4 is 0 Å². The van der Waals surface area contributed by atoms with Crippen molar-refractivity contribution < 1.29 is 25.8 Å². The maximum Gasteiger partial charge on any atom is 4.00 e. The van der Waals surface area contributed by atoms with Crippen LogP contribution in [0, 0.1) is 20.8 Å². The molecule has 1 heterocycles. The Hall–Kier alpha value is -5.25. The van der Waals surface area contributed by atoms with Gasteiger partial charge in [0.15, 0.2) is 0 Å². The molecule has 0 aliphatic heterocycles. The predicted octanol–water partition coefficient (Wildman–Crippen LogP) is 13.3. The van der Waals surface area contributed by atoms with Crippen molar-refractivity contribution >= 4 is 5.69 Å². The zero-order chi connectivity index (χ0) is 35.4. The molecule has 0 N–H and O–H groups in total. The molecule has 0 saturated heterocycles. The summed E-state index contributed by atoms with van der Waals surface area (Å²) < 4.78 is 0. The monoisotopic (exact) mass is 830 g/mol. The first kappa shape index (κ1) is 40.2. The standard InChI is InChI=1S/C27H25N2.3C7H7.Hf/c1-20(2)21-16-18-24(19-17-21)28-27(23-12-7-4-8-13-23)26-15-9-14-25(29-26)22-10-5-3-6-11-22;3*1-7-5-3-2-4-6-7;/h3-20,27H,1-2H3;3*2-6H,1H2;/q4*-1;+4. The van der Waals surface area contributed by atoms with Gasteiger partial charge in [-0.3, -0.25) is 4.98 Å². The molecule has 1 unspecified atom stereocenters. The van der Waals surface area contributed by atoms with E-state index in [9.17, 15) is 0 Å². The van der Waals surface area contributed by atoms with Gasteiger partial charge in [0, 0.05) is 11.3 Å². The van der Waals surface area contributed by atoms with Gasteiger partial charge in [-0.2, -0.15) is 73.9 Å². The van der Waals surface area contributed by atoms with Gasteiger partial charge in [0.1, 0.15) is 0 Å². The molecule has 0 aliphatic rings. The Morgan fingerprint density at radius 2 is 0.843 bits per heavy atom. The number of hydrogen-bond acceptors (Lipinski definition) is 1. The summed E-state index contributed by atoms with van der Waals surface area (Å²) in [6.07, 6.45) is 0. The van der Waals surface area contributed by atoms with E-state index in [1.54, 1.807) is 0 Å². The van der Waals surface area contributed by atoms with Gasteiger partial charge in [0.25, 0.3) is 0 Å². The third-order valence-corrected chi connectivity index (χ3v) is 7.60. The van der Waals surface area contributed by atoms with Crippen LogP contribution in [0.1, 0.15) is 59.3 Å². The first-order valence-electron chi connectivity index (χ1n) is 16.9. The zero-order valence-electron chi connectivity index (χ0n) is 29.6. The second-order valence-electron chi connectivity index (χ2n) is 12.0. The van der Waals surface area contributed by atoms with Crippen LogP contribution in [0.2, 0.25) is 0 Å². The summed E-state index contributed by atoms with van der Waals surface area (Å²) in [5.74, 6) is 0.512. The van der Waals surface area contributed by atoms with Gasteiger partial charge in [-0.25, -0.2) is 0 Å². The molecule has 7 aromatic rings. The normalized spacial score (nSPS) is 10.3. The Labute approximate surface area is 325 Å². The topological polar surface area (TPSA) is 27.0 Å². The molecule has 0 fully saturated rings. The van der Waals surface area contributed by atoms with Crippen LogP contribution in [0.3, 0.4) is 0 Å². The quantitative estimate of drug-likeness (QED) is 0.121. The summed E-state index contributed by atoms with van der Waals surface area (Å²) in [6, 6.07) is 64.9. The van der Waals surface area contributed by atoms with Crippen molar-refractivity contribution in [3.63, 3.8) is 0 Å². The molecule has 6 aromatic carbocycles. The van der Waals surface area contributed by atoms with E-state index in [1.807, 2.05) is 115 Å². The van der Waals surface area contributed by atoms with E-state index in [-0.39, 0.29) is 31.9 Å². The summed E-state index contributed by atoms with van der Waals surface area (Å²) in [5.41, 5.74) is 9.67. The van der Waals surface area contributed by atoms with Crippen LogP contribution in [0.5, 0.6) is 0 Å². The summed E-state index contributed by atoms with van der Waals surface area (Å²) in [4.78, 5) is 4.97. The molecule has 0 spiro atoms. The number of benzene rings is 6. The molecule has 3 heteroatoms. The number of aromatic nitrogens is 1. The second-order valence-corrected chi connectivity index (χ2v) is 12.0. The Morgan fingerprint density at radius 1 is 0.431 bits per heavy atom. The molecule has 0 amide bonds. The molecule has 252 valence electrons. The van der Waals surface area contributed by atoms with Crippen molar-refractivity contribution in [2.45, 2.75) is 25.8 Å². The van der Waals surface area contributed by atoms with Crippen LogP contribution in [0.15, 0.2) is 194 Å². The summed E-state index contributed by atoms with van der Waals surface area (Å²) >= 11 is 0. The van der Waals surface area contributed by atoms with Crippen LogP contribution in [-0.2, 0) is 25.8 Å². The van der Waals surface area contributed by atoms with Crippen molar-refractivity contribution in [1.29, 1.82) is 0 Å². The largest absolute Gasteiger partial charge is 4.00 e. The van der Waals surface area contributed by atoms with Gasteiger partial charge in [-0.05, 0) is 29.7 Å². The summed E-state index contributed by atoms with van der Waals surface area (Å²) in [6.45, 7) is 15.6. The molecular formula is C48H46HfN2. The SMILES string of the molecule is CC(C)c1ccc([N-]C(c2ccccc2)c2cccc(-c3ccccc3)n2)cc1.[CH2-]c1ccccc1.[CH2-]c1ccccc1.[CH2-]c1ccccc1.[Hf+4]. The minimum absolute atomic E-state index is 0. The second kappa shape index (κ2) is 22.5. The van der Waals surface area contributed by atoms with E-state index >= 15 is 0 Å².